The highest BCUT2D eigenvalue weighted by Gasteiger charge is 2.26. The minimum Gasteiger partial charge on any atom is -0.353 e. The van der Waals surface area contributed by atoms with Crippen LogP contribution >= 0.6 is 0 Å². The van der Waals surface area contributed by atoms with Crippen molar-refractivity contribution < 1.29 is 4.79 Å². The molecule has 4 aromatic heterocycles. The first-order chi connectivity index (χ1) is 14.7. The summed E-state index contributed by atoms with van der Waals surface area (Å²) in [5.41, 5.74) is 3.14. The van der Waals surface area contributed by atoms with Crippen LogP contribution in [0.25, 0.3) is 16.6 Å². The third kappa shape index (κ3) is 3.25. The largest absolute Gasteiger partial charge is 0.353 e. The Labute approximate surface area is 174 Å². The first kappa shape index (κ1) is 18.5. The summed E-state index contributed by atoms with van der Waals surface area (Å²) in [4.78, 5) is 31.2. The maximum absolute atomic E-state index is 13.4. The Hall–Kier alpha value is -3.52. The number of carbonyl (C=O) groups is 1. The fourth-order valence-corrected chi connectivity index (χ4v) is 3.99. The molecule has 1 N–H and O–H groups in total. The zero-order valence-electron chi connectivity index (χ0n) is 16.8. The topological polar surface area (TPSA) is 78.7 Å². The lowest BCUT2D eigenvalue weighted by atomic mass is 10.1. The van der Waals surface area contributed by atoms with Gasteiger partial charge >= 0.3 is 0 Å². The smallest absolute Gasteiger partial charge is 0.254 e. The zero-order valence-corrected chi connectivity index (χ0v) is 16.8. The van der Waals surface area contributed by atoms with Gasteiger partial charge in [0.2, 0.25) is 0 Å². The maximum atomic E-state index is 13.4. The molecular weight excluding hydrogens is 378 g/mol. The number of amides is 1. The molecule has 0 aromatic carbocycles. The Morgan fingerprint density at radius 1 is 1.10 bits per heavy atom. The number of fused-ring (bicyclic) bond motifs is 3. The SMILES string of the molecule is CN1CCN(c2ncnc3c2c(C(=O)NCc2cccnc2)c2ccccn23)CC1. The molecule has 8 heteroatoms. The van der Waals surface area contributed by atoms with Gasteiger partial charge in [0.1, 0.15) is 12.1 Å². The number of rotatable bonds is 4. The van der Waals surface area contributed by atoms with Crippen LogP contribution in [0.2, 0.25) is 0 Å². The molecule has 30 heavy (non-hydrogen) atoms. The highest BCUT2D eigenvalue weighted by molar-refractivity contribution is 6.16. The van der Waals surface area contributed by atoms with Gasteiger partial charge in [0.25, 0.3) is 5.91 Å². The van der Waals surface area contributed by atoms with Gasteiger partial charge in [-0.2, -0.15) is 0 Å². The number of aromatic nitrogens is 4. The Balaban J connectivity index is 1.60. The van der Waals surface area contributed by atoms with E-state index in [1.54, 1.807) is 18.7 Å². The fraction of sp³-hybridized carbons (Fsp3) is 0.273. The Kier molecular flexibility index (Phi) is 4.76. The van der Waals surface area contributed by atoms with Crippen molar-refractivity contribution in [3.63, 3.8) is 0 Å². The van der Waals surface area contributed by atoms with Gasteiger partial charge in [0.05, 0.1) is 16.5 Å². The van der Waals surface area contributed by atoms with Gasteiger partial charge in [-0.3, -0.25) is 9.78 Å². The standard InChI is InChI=1S/C22H23N7O/c1-27-9-11-28(12-10-27)20-19-18(22(30)24-14-16-5-4-7-23-13-16)17-6-2-3-8-29(17)21(19)26-15-25-20/h2-8,13,15H,9-12,14H2,1H3,(H,24,30). The molecule has 0 bridgehead atoms. The lowest BCUT2D eigenvalue weighted by Gasteiger charge is -2.33. The van der Waals surface area contributed by atoms with Gasteiger partial charge in [-0.15, -0.1) is 0 Å². The molecule has 4 aromatic rings. The molecule has 152 valence electrons. The molecule has 1 saturated heterocycles. The molecule has 0 unspecified atom stereocenters. The number of nitrogens with one attached hydrogen (secondary N) is 1. The minimum absolute atomic E-state index is 0.136. The molecule has 5 rings (SSSR count). The Bertz CT molecular complexity index is 1200. The predicted octanol–water partition coefficient (Wildman–Crippen LogP) is 1.96. The third-order valence-corrected chi connectivity index (χ3v) is 5.61. The molecule has 1 aliphatic rings. The summed E-state index contributed by atoms with van der Waals surface area (Å²) in [6.07, 6.45) is 7.01. The molecular formula is C22H23N7O. The molecule has 0 saturated carbocycles. The van der Waals surface area contributed by atoms with E-state index < -0.39 is 0 Å². The van der Waals surface area contributed by atoms with Crippen LogP contribution in [-0.4, -0.2) is 63.4 Å². The molecule has 1 amide bonds. The van der Waals surface area contributed by atoms with Crippen LogP contribution in [-0.2, 0) is 6.54 Å². The average molecular weight is 401 g/mol. The van der Waals surface area contributed by atoms with Crippen molar-refractivity contribution in [2.75, 3.05) is 38.1 Å². The molecule has 0 spiro atoms. The Morgan fingerprint density at radius 2 is 1.97 bits per heavy atom. The quantitative estimate of drug-likeness (QED) is 0.563. The lowest BCUT2D eigenvalue weighted by Crippen LogP contribution is -2.45. The highest BCUT2D eigenvalue weighted by atomic mass is 16.1. The van der Waals surface area contributed by atoms with Gasteiger partial charge < -0.3 is 19.5 Å². The second kappa shape index (κ2) is 7.72. The van der Waals surface area contributed by atoms with E-state index in [-0.39, 0.29) is 5.91 Å². The van der Waals surface area contributed by atoms with Crippen molar-refractivity contribution in [3.8, 4) is 0 Å². The molecule has 5 heterocycles. The van der Waals surface area contributed by atoms with E-state index in [9.17, 15) is 4.79 Å². The Morgan fingerprint density at radius 3 is 2.77 bits per heavy atom. The van der Waals surface area contributed by atoms with E-state index in [4.69, 9.17) is 0 Å². The van der Waals surface area contributed by atoms with Crippen molar-refractivity contribution in [1.29, 1.82) is 0 Å². The van der Waals surface area contributed by atoms with Crippen LogP contribution in [0, 0.1) is 0 Å². The predicted molar refractivity (Wildman–Crippen MR) is 116 cm³/mol. The summed E-state index contributed by atoms with van der Waals surface area (Å²) in [7, 11) is 2.12. The number of nitrogens with zero attached hydrogens (tertiary/aromatic N) is 6. The number of piperazine rings is 1. The first-order valence-electron chi connectivity index (χ1n) is 10.1. The molecule has 0 aliphatic carbocycles. The van der Waals surface area contributed by atoms with E-state index in [1.165, 1.54) is 0 Å². The van der Waals surface area contributed by atoms with E-state index in [0.29, 0.717) is 12.1 Å². The maximum Gasteiger partial charge on any atom is 0.254 e. The second-order valence-electron chi connectivity index (χ2n) is 7.56. The summed E-state index contributed by atoms with van der Waals surface area (Å²) < 4.78 is 1.97. The summed E-state index contributed by atoms with van der Waals surface area (Å²) in [5.74, 6) is 0.686. The van der Waals surface area contributed by atoms with Crippen molar-refractivity contribution in [1.82, 2.24) is 29.6 Å². The zero-order chi connectivity index (χ0) is 20.5. The molecule has 8 nitrogen and oxygen atoms in total. The van der Waals surface area contributed by atoms with Gasteiger partial charge in [0, 0.05) is 51.3 Å². The fourth-order valence-electron chi connectivity index (χ4n) is 3.99. The van der Waals surface area contributed by atoms with Crippen LogP contribution in [0.1, 0.15) is 15.9 Å². The summed E-state index contributed by atoms with van der Waals surface area (Å²) in [6, 6.07) is 9.65. The van der Waals surface area contributed by atoms with Gasteiger partial charge in [0.15, 0.2) is 5.65 Å². The number of likely N-dealkylation sites (N-methyl/N-ethyl adjacent to an activating group) is 1. The summed E-state index contributed by atoms with van der Waals surface area (Å²) in [6.45, 7) is 4.07. The van der Waals surface area contributed by atoms with Crippen molar-refractivity contribution >= 4 is 28.3 Å². The van der Waals surface area contributed by atoms with Gasteiger partial charge in [-0.05, 0) is 30.8 Å². The van der Waals surface area contributed by atoms with E-state index in [2.05, 4.69) is 37.1 Å². The number of hydrogen-bond acceptors (Lipinski definition) is 6. The van der Waals surface area contributed by atoms with Crippen molar-refractivity contribution in [2.45, 2.75) is 6.54 Å². The van der Waals surface area contributed by atoms with Gasteiger partial charge in [-0.25, -0.2) is 9.97 Å². The van der Waals surface area contributed by atoms with Crippen molar-refractivity contribution in [3.05, 3.63) is 66.4 Å². The lowest BCUT2D eigenvalue weighted by molar-refractivity contribution is 0.0954. The first-order valence-corrected chi connectivity index (χ1v) is 10.1. The van der Waals surface area contributed by atoms with Crippen molar-refractivity contribution in [2.24, 2.45) is 0 Å². The van der Waals surface area contributed by atoms with E-state index in [0.717, 1.165) is 54.1 Å². The highest BCUT2D eigenvalue weighted by Crippen LogP contribution is 2.32. The average Bonchev–Trinajstić information content (AvgIpc) is 3.13. The van der Waals surface area contributed by atoms with Crippen LogP contribution in [0.3, 0.4) is 0 Å². The summed E-state index contributed by atoms with van der Waals surface area (Å²) >= 11 is 0. The molecule has 1 fully saturated rings. The molecule has 1 aliphatic heterocycles. The normalized spacial score (nSPS) is 15.0. The van der Waals surface area contributed by atoms with E-state index in [1.807, 2.05) is 40.9 Å². The number of carbonyl (C=O) groups excluding carboxylic acids is 1. The monoisotopic (exact) mass is 401 g/mol. The summed E-state index contributed by atoms with van der Waals surface area (Å²) in [5, 5.41) is 3.85. The van der Waals surface area contributed by atoms with Crippen LogP contribution in [0.5, 0.6) is 0 Å². The minimum atomic E-state index is -0.136. The second-order valence-corrected chi connectivity index (χ2v) is 7.56. The van der Waals surface area contributed by atoms with Crippen LogP contribution < -0.4 is 10.2 Å². The van der Waals surface area contributed by atoms with Crippen LogP contribution in [0.15, 0.2) is 55.2 Å². The number of hydrogen-bond donors (Lipinski definition) is 1. The van der Waals surface area contributed by atoms with Gasteiger partial charge in [-0.1, -0.05) is 12.1 Å². The molecule has 0 atom stereocenters. The number of pyridine rings is 2. The van der Waals surface area contributed by atoms with Crippen LogP contribution in [0.4, 0.5) is 5.82 Å². The molecule has 0 radical (unpaired) electrons. The van der Waals surface area contributed by atoms with E-state index >= 15 is 0 Å². The third-order valence-electron chi connectivity index (χ3n) is 5.61. The number of anilines is 1.